The molecule has 3 N–H and O–H groups in total. The van der Waals surface area contributed by atoms with Gasteiger partial charge in [0.1, 0.15) is 5.82 Å². The lowest BCUT2D eigenvalue weighted by Crippen LogP contribution is -2.41. The number of morpholine rings is 1. The first-order valence-corrected chi connectivity index (χ1v) is 11.6. The number of H-pyrrole nitrogens is 1. The van der Waals surface area contributed by atoms with Crippen molar-refractivity contribution in [3.05, 3.63) is 58.4 Å². The van der Waals surface area contributed by atoms with E-state index < -0.39 is 17.6 Å². The molecule has 0 spiro atoms. The van der Waals surface area contributed by atoms with Gasteiger partial charge < -0.3 is 20.1 Å². The van der Waals surface area contributed by atoms with E-state index in [1.807, 2.05) is 0 Å². The third kappa shape index (κ3) is 5.67. The summed E-state index contributed by atoms with van der Waals surface area (Å²) in [6.07, 6.45) is 0. The highest BCUT2D eigenvalue weighted by atomic mass is 35.5. The van der Waals surface area contributed by atoms with Crippen LogP contribution in [0, 0.1) is 5.82 Å². The molecule has 1 aliphatic rings. The lowest BCUT2D eigenvalue weighted by Gasteiger charge is -2.26. The Bertz CT molecular complexity index is 1260. The zero-order chi connectivity index (χ0) is 24.9. The maximum absolute atomic E-state index is 13.2. The molecular formula is C24H25ClFN5O4. The Morgan fingerprint density at radius 1 is 1.23 bits per heavy atom. The van der Waals surface area contributed by atoms with Gasteiger partial charge in [-0.25, -0.2) is 4.39 Å². The van der Waals surface area contributed by atoms with Gasteiger partial charge in [-0.3, -0.25) is 14.5 Å². The van der Waals surface area contributed by atoms with Crippen LogP contribution in [0.2, 0.25) is 5.02 Å². The molecule has 1 aromatic heterocycles. The summed E-state index contributed by atoms with van der Waals surface area (Å²) in [5, 5.41) is 21.2. The van der Waals surface area contributed by atoms with E-state index in [0.29, 0.717) is 37.4 Å². The smallest absolute Gasteiger partial charge is 0.271 e. The SMILES string of the molecule is CC(C(=O)N=Nc1c(O)[nH]c2ccc(C(=O)NCCN3CCOCC3)c(Cl)c12)c1ccc(F)cc1. The normalized spacial score (nSPS) is 15.5. The van der Waals surface area contributed by atoms with E-state index in [4.69, 9.17) is 16.3 Å². The second-order valence-electron chi connectivity index (χ2n) is 8.19. The van der Waals surface area contributed by atoms with Gasteiger partial charge in [0.15, 0.2) is 5.69 Å². The molecule has 1 fully saturated rings. The van der Waals surface area contributed by atoms with Gasteiger partial charge in [-0.2, -0.15) is 0 Å². The summed E-state index contributed by atoms with van der Waals surface area (Å²) in [5.41, 5.74) is 1.17. The van der Waals surface area contributed by atoms with Crippen LogP contribution in [-0.2, 0) is 9.53 Å². The topological polar surface area (TPSA) is 119 Å². The second kappa shape index (κ2) is 10.9. The van der Waals surface area contributed by atoms with Gasteiger partial charge >= 0.3 is 0 Å². The molecule has 1 aliphatic heterocycles. The molecule has 2 aromatic carbocycles. The van der Waals surface area contributed by atoms with Crippen molar-refractivity contribution >= 4 is 40.0 Å². The minimum atomic E-state index is -0.671. The van der Waals surface area contributed by atoms with E-state index in [1.165, 1.54) is 24.3 Å². The Hall–Kier alpha value is -3.34. The summed E-state index contributed by atoms with van der Waals surface area (Å²) in [6, 6.07) is 8.66. The highest BCUT2D eigenvalue weighted by Gasteiger charge is 2.21. The third-order valence-corrected chi connectivity index (χ3v) is 6.30. The molecule has 35 heavy (non-hydrogen) atoms. The fourth-order valence-corrected chi connectivity index (χ4v) is 4.16. The Balaban J connectivity index is 1.50. The van der Waals surface area contributed by atoms with Crippen molar-refractivity contribution < 1.29 is 23.8 Å². The van der Waals surface area contributed by atoms with E-state index >= 15 is 0 Å². The maximum Gasteiger partial charge on any atom is 0.271 e. The molecule has 184 valence electrons. The monoisotopic (exact) mass is 501 g/mol. The molecule has 1 saturated heterocycles. The first kappa shape index (κ1) is 24.8. The molecule has 9 nitrogen and oxygen atoms in total. The van der Waals surface area contributed by atoms with Gasteiger partial charge in [-0.05, 0) is 36.8 Å². The van der Waals surface area contributed by atoms with Crippen molar-refractivity contribution in [1.29, 1.82) is 0 Å². The van der Waals surface area contributed by atoms with Crippen LogP contribution in [-0.4, -0.2) is 66.2 Å². The summed E-state index contributed by atoms with van der Waals surface area (Å²) in [6.45, 7) is 5.74. The fourth-order valence-electron chi connectivity index (χ4n) is 3.82. The van der Waals surface area contributed by atoms with E-state index in [1.54, 1.807) is 19.1 Å². The van der Waals surface area contributed by atoms with E-state index in [0.717, 1.165) is 13.1 Å². The minimum absolute atomic E-state index is 0.0485. The molecule has 11 heteroatoms. The van der Waals surface area contributed by atoms with Gasteiger partial charge in [0, 0.05) is 26.2 Å². The minimum Gasteiger partial charge on any atom is -0.493 e. The number of aromatic nitrogens is 1. The number of carbonyl (C=O) groups is 2. The highest BCUT2D eigenvalue weighted by Crippen LogP contribution is 2.41. The van der Waals surface area contributed by atoms with Gasteiger partial charge in [-0.15, -0.1) is 10.2 Å². The Morgan fingerprint density at radius 3 is 2.66 bits per heavy atom. The van der Waals surface area contributed by atoms with Gasteiger partial charge in [0.25, 0.3) is 11.8 Å². The van der Waals surface area contributed by atoms with Crippen molar-refractivity contribution in [3.63, 3.8) is 0 Å². The molecular weight excluding hydrogens is 477 g/mol. The number of carbonyl (C=O) groups excluding carboxylic acids is 2. The number of ether oxygens (including phenoxy) is 1. The molecule has 0 bridgehead atoms. The second-order valence-corrected chi connectivity index (χ2v) is 8.57. The average molecular weight is 502 g/mol. The summed E-state index contributed by atoms with van der Waals surface area (Å²) in [4.78, 5) is 30.2. The molecule has 4 rings (SSSR count). The number of hydrogen-bond acceptors (Lipinski definition) is 6. The number of halogens is 2. The van der Waals surface area contributed by atoms with Crippen LogP contribution < -0.4 is 5.32 Å². The zero-order valence-electron chi connectivity index (χ0n) is 19.1. The lowest BCUT2D eigenvalue weighted by molar-refractivity contribution is -0.119. The van der Waals surface area contributed by atoms with Crippen LogP contribution in [0.3, 0.4) is 0 Å². The molecule has 1 atom stereocenters. The van der Waals surface area contributed by atoms with Crippen molar-refractivity contribution in [2.45, 2.75) is 12.8 Å². The summed E-state index contributed by atoms with van der Waals surface area (Å²) >= 11 is 6.53. The summed E-state index contributed by atoms with van der Waals surface area (Å²) in [5.74, 6) is -2.37. The number of rotatable bonds is 7. The average Bonchev–Trinajstić information content (AvgIpc) is 3.19. The van der Waals surface area contributed by atoms with E-state index in [2.05, 4.69) is 25.4 Å². The lowest BCUT2D eigenvalue weighted by atomic mass is 10.0. The standard InChI is InChI=1S/C24H25ClFN5O4/c1-14(15-2-4-16(26)5-3-15)22(32)30-29-21-19-18(28-24(21)34)7-6-17(20(19)25)23(33)27-8-9-31-10-12-35-13-11-31/h2-7,14,28,34H,8-13H2,1H3,(H,27,33). The molecule has 3 aromatic rings. The van der Waals surface area contributed by atoms with Crippen LogP contribution in [0.15, 0.2) is 46.6 Å². The molecule has 1 unspecified atom stereocenters. The Kier molecular flexibility index (Phi) is 7.74. The van der Waals surface area contributed by atoms with Crippen LogP contribution in [0.1, 0.15) is 28.8 Å². The summed E-state index contributed by atoms with van der Waals surface area (Å²) < 4.78 is 18.5. The largest absolute Gasteiger partial charge is 0.493 e. The number of nitrogens with one attached hydrogen (secondary N) is 2. The molecule has 2 heterocycles. The predicted molar refractivity (Wildman–Crippen MR) is 129 cm³/mol. The number of amides is 2. The molecule has 0 saturated carbocycles. The molecule has 0 aliphatic carbocycles. The number of aromatic amines is 1. The Morgan fingerprint density at radius 2 is 1.94 bits per heavy atom. The van der Waals surface area contributed by atoms with Crippen LogP contribution in [0.25, 0.3) is 10.9 Å². The van der Waals surface area contributed by atoms with Crippen molar-refractivity contribution in [2.75, 3.05) is 39.4 Å². The van der Waals surface area contributed by atoms with Gasteiger partial charge in [-0.1, -0.05) is 23.7 Å². The first-order valence-electron chi connectivity index (χ1n) is 11.2. The predicted octanol–water partition coefficient (Wildman–Crippen LogP) is 4.14. The number of hydrogen-bond donors (Lipinski definition) is 3. The van der Waals surface area contributed by atoms with Crippen molar-refractivity contribution in [2.24, 2.45) is 10.2 Å². The van der Waals surface area contributed by atoms with E-state index in [9.17, 15) is 19.1 Å². The fraction of sp³-hybridized carbons (Fsp3) is 0.333. The van der Waals surface area contributed by atoms with Crippen LogP contribution in [0.5, 0.6) is 5.88 Å². The number of fused-ring (bicyclic) bond motifs is 1. The van der Waals surface area contributed by atoms with Crippen molar-refractivity contribution in [1.82, 2.24) is 15.2 Å². The van der Waals surface area contributed by atoms with E-state index in [-0.39, 0.29) is 33.4 Å². The first-order chi connectivity index (χ1) is 16.8. The summed E-state index contributed by atoms with van der Waals surface area (Å²) in [7, 11) is 0. The number of azo groups is 1. The number of nitrogens with zero attached hydrogens (tertiary/aromatic N) is 3. The van der Waals surface area contributed by atoms with Crippen LogP contribution in [0.4, 0.5) is 10.1 Å². The molecule has 2 amide bonds. The maximum atomic E-state index is 13.2. The van der Waals surface area contributed by atoms with Gasteiger partial charge in [0.2, 0.25) is 5.88 Å². The number of benzene rings is 2. The van der Waals surface area contributed by atoms with Gasteiger partial charge in [0.05, 0.1) is 40.6 Å². The van der Waals surface area contributed by atoms with Crippen molar-refractivity contribution in [3.8, 4) is 5.88 Å². The molecule has 0 radical (unpaired) electrons. The quantitative estimate of drug-likeness (QED) is 0.420. The zero-order valence-corrected chi connectivity index (χ0v) is 19.8. The third-order valence-electron chi connectivity index (χ3n) is 5.91. The Labute approximate surface area is 205 Å². The highest BCUT2D eigenvalue weighted by molar-refractivity contribution is 6.39. The number of aromatic hydroxyl groups is 1. The van der Waals surface area contributed by atoms with Crippen LogP contribution >= 0.6 is 11.6 Å².